The summed E-state index contributed by atoms with van der Waals surface area (Å²) in [6.45, 7) is 2.88. The van der Waals surface area contributed by atoms with Crippen molar-refractivity contribution in [1.29, 1.82) is 0 Å². The van der Waals surface area contributed by atoms with Gasteiger partial charge in [0.1, 0.15) is 5.01 Å². The van der Waals surface area contributed by atoms with Crippen molar-refractivity contribution in [1.82, 2.24) is 10.2 Å². The Morgan fingerprint density at radius 2 is 2.00 bits per heavy atom. The fraction of sp³-hybridized carbons (Fsp3) is 0.273. The van der Waals surface area contributed by atoms with E-state index >= 15 is 0 Å². The van der Waals surface area contributed by atoms with Crippen LogP contribution in [-0.2, 0) is 6.54 Å². The van der Waals surface area contributed by atoms with Crippen molar-refractivity contribution in [3.63, 3.8) is 0 Å². The summed E-state index contributed by atoms with van der Waals surface area (Å²) in [5.74, 6) is 1.33. The predicted molar refractivity (Wildman–Crippen MR) is 65.5 cm³/mol. The largest absolute Gasteiger partial charge is 0.490 e. The Labute approximate surface area is 103 Å². The maximum atomic E-state index is 5.61. The number of rotatable bonds is 5. The van der Waals surface area contributed by atoms with Crippen LogP contribution in [0.4, 0.5) is 0 Å². The third kappa shape index (κ3) is 2.92. The molecule has 90 valence electrons. The molecule has 1 heterocycles. The van der Waals surface area contributed by atoms with E-state index in [0.29, 0.717) is 29.8 Å². The molecule has 0 spiro atoms. The van der Waals surface area contributed by atoms with Gasteiger partial charge in [-0.1, -0.05) is 28.6 Å². The zero-order valence-electron chi connectivity index (χ0n) is 9.42. The highest BCUT2D eigenvalue weighted by molar-refractivity contribution is 7.13. The van der Waals surface area contributed by atoms with Crippen LogP contribution in [0, 0.1) is 0 Å². The molecule has 2 N–H and O–H groups in total. The first kappa shape index (κ1) is 11.8. The second-order valence-electron chi connectivity index (χ2n) is 3.15. The van der Waals surface area contributed by atoms with Gasteiger partial charge in [-0.25, -0.2) is 0 Å². The van der Waals surface area contributed by atoms with Gasteiger partial charge in [0, 0.05) is 6.54 Å². The SMILES string of the molecule is CCOc1ccccc1Oc1nnc(CN)s1. The second-order valence-corrected chi connectivity index (χ2v) is 4.17. The molecule has 0 amide bonds. The van der Waals surface area contributed by atoms with Crippen LogP contribution < -0.4 is 15.2 Å². The maximum absolute atomic E-state index is 5.61. The molecular weight excluding hydrogens is 238 g/mol. The molecule has 0 atom stereocenters. The van der Waals surface area contributed by atoms with Crippen LogP contribution in [0.2, 0.25) is 0 Å². The summed E-state index contributed by atoms with van der Waals surface area (Å²) in [6, 6.07) is 7.45. The zero-order chi connectivity index (χ0) is 12.1. The Balaban J connectivity index is 2.17. The summed E-state index contributed by atoms with van der Waals surface area (Å²) in [7, 11) is 0. The highest BCUT2D eigenvalue weighted by Gasteiger charge is 2.08. The Bertz CT molecular complexity index is 487. The second kappa shape index (κ2) is 5.60. The predicted octanol–water partition coefficient (Wildman–Crippen LogP) is 2.19. The minimum Gasteiger partial charge on any atom is -0.490 e. The molecule has 1 aromatic heterocycles. The average Bonchev–Trinajstić information content (AvgIpc) is 2.80. The molecule has 0 aliphatic rings. The van der Waals surface area contributed by atoms with Crippen LogP contribution in [0.5, 0.6) is 16.7 Å². The fourth-order valence-electron chi connectivity index (χ4n) is 1.27. The summed E-state index contributed by atoms with van der Waals surface area (Å²) in [5, 5.41) is 8.99. The Morgan fingerprint density at radius 3 is 2.65 bits per heavy atom. The van der Waals surface area contributed by atoms with Gasteiger partial charge >= 0.3 is 0 Å². The summed E-state index contributed by atoms with van der Waals surface area (Å²) in [4.78, 5) is 0. The summed E-state index contributed by atoms with van der Waals surface area (Å²) < 4.78 is 11.1. The van der Waals surface area contributed by atoms with E-state index in [1.807, 2.05) is 31.2 Å². The van der Waals surface area contributed by atoms with Crippen molar-refractivity contribution in [2.45, 2.75) is 13.5 Å². The number of aromatic nitrogens is 2. The van der Waals surface area contributed by atoms with E-state index in [0.717, 1.165) is 5.01 Å². The summed E-state index contributed by atoms with van der Waals surface area (Å²) in [6.07, 6.45) is 0. The molecule has 0 fully saturated rings. The van der Waals surface area contributed by atoms with Gasteiger partial charge in [0.05, 0.1) is 6.61 Å². The number of para-hydroxylation sites is 2. The molecule has 2 rings (SSSR count). The van der Waals surface area contributed by atoms with Gasteiger partial charge in [0.25, 0.3) is 5.19 Å². The van der Waals surface area contributed by atoms with E-state index < -0.39 is 0 Å². The first-order chi connectivity index (χ1) is 8.33. The molecule has 0 saturated carbocycles. The third-order valence-corrected chi connectivity index (χ3v) is 2.79. The van der Waals surface area contributed by atoms with Crippen molar-refractivity contribution in [2.24, 2.45) is 5.73 Å². The van der Waals surface area contributed by atoms with Crippen molar-refractivity contribution in [3.8, 4) is 16.7 Å². The lowest BCUT2D eigenvalue weighted by Crippen LogP contribution is -1.94. The van der Waals surface area contributed by atoms with E-state index in [9.17, 15) is 0 Å². The maximum Gasteiger partial charge on any atom is 0.299 e. The van der Waals surface area contributed by atoms with Crippen LogP contribution in [0.1, 0.15) is 11.9 Å². The Kier molecular flexibility index (Phi) is 3.89. The number of nitrogens with zero attached hydrogens (tertiary/aromatic N) is 2. The van der Waals surface area contributed by atoms with E-state index in [1.165, 1.54) is 11.3 Å². The molecular formula is C11H13N3O2S. The number of ether oxygens (including phenoxy) is 2. The van der Waals surface area contributed by atoms with Crippen molar-refractivity contribution < 1.29 is 9.47 Å². The lowest BCUT2D eigenvalue weighted by Gasteiger charge is -2.08. The van der Waals surface area contributed by atoms with E-state index in [4.69, 9.17) is 15.2 Å². The van der Waals surface area contributed by atoms with E-state index in [1.54, 1.807) is 0 Å². The minimum atomic E-state index is 0.369. The van der Waals surface area contributed by atoms with Gasteiger partial charge in [-0.05, 0) is 19.1 Å². The highest BCUT2D eigenvalue weighted by atomic mass is 32.1. The number of hydrogen-bond donors (Lipinski definition) is 1. The minimum absolute atomic E-state index is 0.369. The quantitative estimate of drug-likeness (QED) is 0.882. The topological polar surface area (TPSA) is 70.3 Å². The van der Waals surface area contributed by atoms with Gasteiger partial charge in [-0.2, -0.15) is 0 Å². The molecule has 2 aromatic rings. The van der Waals surface area contributed by atoms with Gasteiger partial charge in [-0.3, -0.25) is 0 Å². The number of hydrogen-bond acceptors (Lipinski definition) is 6. The summed E-state index contributed by atoms with van der Waals surface area (Å²) in [5.41, 5.74) is 5.46. The van der Waals surface area contributed by atoms with Crippen LogP contribution >= 0.6 is 11.3 Å². The normalized spacial score (nSPS) is 10.2. The van der Waals surface area contributed by atoms with Crippen LogP contribution in [-0.4, -0.2) is 16.8 Å². The van der Waals surface area contributed by atoms with Gasteiger partial charge < -0.3 is 15.2 Å². The molecule has 0 unspecified atom stereocenters. The highest BCUT2D eigenvalue weighted by Crippen LogP contribution is 2.32. The van der Waals surface area contributed by atoms with Gasteiger partial charge in [0.15, 0.2) is 11.5 Å². The lowest BCUT2D eigenvalue weighted by atomic mass is 10.3. The van der Waals surface area contributed by atoms with Crippen LogP contribution in [0.3, 0.4) is 0 Å². The molecule has 0 radical (unpaired) electrons. The molecule has 6 heteroatoms. The first-order valence-electron chi connectivity index (χ1n) is 5.25. The zero-order valence-corrected chi connectivity index (χ0v) is 10.2. The fourth-order valence-corrected chi connectivity index (χ4v) is 1.84. The average molecular weight is 251 g/mol. The van der Waals surface area contributed by atoms with Crippen molar-refractivity contribution in [2.75, 3.05) is 6.61 Å². The summed E-state index contributed by atoms with van der Waals surface area (Å²) >= 11 is 1.33. The van der Waals surface area contributed by atoms with Crippen LogP contribution in [0.25, 0.3) is 0 Å². The molecule has 0 aliphatic heterocycles. The van der Waals surface area contributed by atoms with E-state index in [2.05, 4.69) is 10.2 Å². The lowest BCUT2D eigenvalue weighted by molar-refractivity contribution is 0.320. The van der Waals surface area contributed by atoms with Gasteiger partial charge in [0.2, 0.25) is 0 Å². The Hall–Kier alpha value is -1.66. The monoisotopic (exact) mass is 251 g/mol. The third-order valence-electron chi connectivity index (χ3n) is 1.97. The van der Waals surface area contributed by atoms with Crippen molar-refractivity contribution >= 4 is 11.3 Å². The van der Waals surface area contributed by atoms with Gasteiger partial charge in [-0.15, -0.1) is 5.10 Å². The first-order valence-corrected chi connectivity index (χ1v) is 6.07. The van der Waals surface area contributed by atoms with Crippen LogP contribution in [0.15, 0.2) is 24.3 Å². The van der Waals surface area contributed by atoms with Crippen molar-refractivity contribution in [3.05, 3.63) is 29.3 Å². The Morgan fingerprint density at radius 1 is 1.24 bits per heavy atom. The number of benzene rings is 1. The molecule has 0 aliphatic carbocycles. The number of nitrogens with two attached hydrogens (primary N) is 1. The molecule has 17 heavy (non-hydrogen) atoms. The smallest absolute Gasteiger partial charge is 0.299 e. The standard InChI is InChI=1S/C11H13N3O2S/c1-2-15-8-5-3-4-6-9(8)16-11-14-13-10(7-12)17-11/h3-6H,2,7,12H2,1H3. The molecule has 0 bridgehead atoms. The molecule has 5 nitrogen and oxygen atoms in total. The van der Waals surface area contributed by atoms with E-state index in [-0.39, 0.29) is 0 Å². The molecule has 1 aromatic carbocycles. The molecule has 0 saturated heterocycles.